The van der Waals surface area contributed by atoms with Crippen LogP contribution >= 0.6 is 0 Å². The van der Waals surface area contributed by atoms with Crippen molar-refractivity contribution in [1.29, 1.82) is 0 Å². The van der Waals surface area contributed by atoms with Crippen LogP contribution < -0.4 is 5.32 Å². The molecule has 0 bridgehead atoms. The number of fused-ring (bicyclic) bond motifs is 1. The number of hydrogen-bond donors (Lipinski definition) is 3. The summed E-state index contributed by atoms with van der Waals surface area (Å²) in [6.45, 7) is 5.95. The highest BCUT2D eigenvalue weighted by molar-refractivity contribution is 5.68. The van der Waals surface area contributed by atoms with Gasteiger partial charge in [0.25, 0.3) is 0 Å². The zero-order valence-electron chi connectivity index (χ0n) is 11.7. The molecule has 0 aromatic heterocycles. The van der Waals surface area contributed by atoms with Crippen LogP contribution in [0.5, 0.6) is 0 Å². The lowest BCUT2D eigenvalue weighted by Gasteiger charge is -2.29. The molecule has 0 spiro atoms. The van der Waals surface area contributed by atoms with E-state index in [9.17, 15) is 15.0 Å². The van der Waals surface area contributed by atoms with E-state index in [0.29, 0.717) is 25.9 Å². The van der Waals surface area contributed by atoms with Gasteiger partial charge in [0.05, 0.1) is 11.5 Å². The molecule has 1 saturated heterocycles. The van der Waals surface area contributed by atoms with Crippen molar-refractivity contribution in [2.75, 3.05) is 6.61 Å². The van der Waals surface area contributed by atoms with E-state index in [-0.39, 0.29) is 12.1 Å². The van der Waals surface area contributed by atoms with E-state index < -0.39 is 23.4 Å². The third-order valence-electron chi connectivity index (χ3n) is 3.89. The monoisotopic (exact) mass is 273 g/mol. The lowest BCUT2D eigenvalue weighted by molar-refractivity contribution is -0.147. The van der Waals surface area contributed by atoms with Crippen LogP contribution in [0.3, 0.4) is 0 Å². The third kappa shape index (κ3) is 3.01. The van der Waals surface area contributed by atoms with Crippen LogP contribution in [-0.2, 0) is 9.47 Å². The van der Waals surface area contributed by atoms with Crippen LogP contribution in [0.2, 0.25) is 0 Å². The Labute approximate surface area is 113 Å². The maximum Gasteiger partial charge on any atom is 0.407 e. The molecular weight excluding hydrogens is 250 g/mol. The van der Waals surface area contributed by atoms with Crippen LogP contribution in [-0.4, -0.2) is 47.0 Å². The van der Waals surface area contributed by atoms with Gasteiger partial charge in [-0.25, -0.2) is 4.79 Å². The number of aliphatic hydroxyl groups is 2. The average Bonchev–Trinajstić information content (AvgIpc) is 2.70. The van der Waals surface area contributed by atoms with Gasteiger partial charge in [-0.2, -0.15) is 0 Å². The van der Waals surface area contributed by atoms with Crippen molar-refractivity contribution < 1.29 is 24.5 Å². The van der Waals surface area contributed by atoms with Gasteiger partial charge in [0.1, 0.15) is 5.60 Å². The summed E-state index contributed by atoms with van der Waals surface area (Å²) in [4.78, 5) is 11.7. The molecule has 1 saturated carbocycles. The largest absolute Gasteiger partial charge is 0.444 e. The van der Waals surface area contributed by atoms with E-state index in [0.717, 1.165) is 0 Å². The van der Waals surface area contributed by atoms with Gasteiger partial charge in [0.15, 0.2) is 6.29 Å². The molecular formula is C13H23NO5. The Kier molecular flexibility index (Phi) is 3.77. The van der Waals surface area contributed by atoms with Crippen molar-refractivity contribution in [3.05, 3.63) is 0 Å². The van der Waals surface area contributed by atoms with Crippen LogP contribution in [0.25, 0.3) is 0 Å². The van der Waals surface area contributed by atoms with Crippen LogP contribution in [0.15, 0.2) is 0 Å². The number of hydrogen-bond acceptors (Lipinski definition) is 5. The molecule has 2 aliphatic rings. The minimum atomic E-state index is -1.41. The van der Waals surface area contributed by atoms with Crippen molar-refractivity contribution in [2.45, 2.75) is 64.1 Å². The molecule has 1 aliphatic heterocycles. The minimum Gasteiger partial charge on any atom is -0.444 e. The predicted molar refractivity (Wildman–Crippen MR) is 67.4 cm³/mol. The molecule has 1 aliphatic carbocycles. The van der Waals surface area contributed by atoms with E-state index in [1.807, 2.05) is 0 Å². The molecule has 2 rings (SSSR count). The van der Waals surface area contributed by atoms with Gasteiger partial charge in [0, 0.05) is 12.6 Å². The van der Waals surface area contributed by atoms with E-state index in [4.69, 9.17) is 9.47 Å². The van der Waals surface area contributed by atoms with Crippen molar-refractivity contribution >= 4 is 6.09 Å². The molecule has 1 amide bonds. The van der Waals surface area contributed by atoms with Crippen molar-refractivity contribution in [3.8, 4) is 0 Å². The SMILES string of the molecule is CC(C)(C)OC(=O)NC1C[C@H]2OCC[C@@]2(C(O)O)C1. The maximum absolute atomic E-state index is 11.7. The van der Waals surface area contributed by atoms with Crippen LogP contribution in [0.4, 0.5) is 4.79 Å². The average molecular weight is 273 g/mol. The minimum absolute atomic E-state index is 0.137. The van der Waals surface area contributed by atoms with Gasteiger partial charge in [-0.05, 0) is 40.0 Å². The zero-order chi connectivity index (χ0) is 14.3. The summed E-state index contributed by atoms with van der Waals surface area (Å²) in [5.74, 6) is 0. The van der Waals surface area contributed by atoms with Crippen molar-refractivity contribution in [3.63, 3.8) is 0 Å². The molecule has 0 radical (unpaired) electrons. The lowest BCUT2D eigenvalue weighted by Crippen LogP contribution is -2.40. The number of nitrogens with one attached hydrogen (secondary N) is 1. The van der Waals surface area contributed by atoms with Gasteiger partial charge in [-0.3, -0.25) is 0 Å². The standard InChI is InChI=1S/C13H23NO5/c1-12(2,3)19-11(17)14-8-6-9-13(7-8,10(15)16)4-5-18-9/h8-10,15-16H,4-7H2,1-3H3,(H,14,17)/t8?,9-,13-/m1/s1. The Morgan fingerprint density at radius 2 is 2.16 bits per heavy atom. The second-order valence-electron chi connectivity index (χ2n) is 6.50. The topological polar surface area (TPSA) is 88.0 Å². The Balaban J connectivity index is 1.93. The van der Waals surface area contributed by atoms with Crippen molar-refractivity contribution in [2.24, 2.45) is 5.41 Å². The zero-order valence-corrected chi connectivity index (χ0v) is 11.7. The molecule has 3 atom stereocenters. The molecule has 6 nitrogen and oxygen atoms in total. The highest BCUT2D eigenvalue weighted by atomic mass is 16.6. The first-order chi connectivity index (χ1) is 8.73. The fraction of sp³-hybridized carbons (Fsp3) is 0.923. The van der Waals surface area contributed by atoms with Crippen LogP contribution in [0.1, 0.15) is 40.0 Å². The number of alkyl carbamates (subject to hydrolysis) is 1. The Morgan fingerprint density at radius 1 is 1.47 bits per heavy atom. The van der Waals surface area contributed by atoms with Crippen LogP contribution in [0, 0.1) is 5.41 Å². The Bertz CT molecular complexity index is 351. The fourth-order valence-electron chi connectivity index (χ4n) is 3.04. The van der Waals surface area contributed by atoms with Gasteiger partial charge in [-0.1, -0.05) is 0 Å². The van der Waals surface area contributed by atoms with Gasteiger partial charge < -0.3 is 25.0 Å². The Hall–Kier alpha value is -0.850. The molecule has 1 unspecified atom stereocenters. The molecule has 3 N–H and O–H groups in total. The van der Waals surface area contributed by atoms with Gasteiger partial charge in [0.2, 0.25) is 0 Å². The summed E-state index contributed by atoms with van der Waals surface area (Å²) >= 11 is 0. The summed E-state index contributed by atoms with van der Waals surface area (Å²) in [5.41, 5.74) is -1.18. The second kappa shape index (κ2) is 4.92. The van der Waals surface area contributed by atoms with Crippen molar-refractivity contribution in [1.82, 2.24) is 5.32 Å². The first-order valence-corrected chi connectivity index (χ1v) is 6.70. The highest BCUT2D eigenvalue weighted by Gasteiger charge is 2.55. The molecule has 6 heteroatoms. The Morgan fingerprint density at radius 3 is 2.68 bits per heavy atom. The van der Waals surface area contributed by atoms with Gasteiger partial charge >= 0.3 is 6.09 Å². The summed E-state index contributed by atoms with van der Waals surface area (Å²) in [6, 6.07) is -0.137. The molecule has 110 valence electrons. The molecule has 2 fully saturated rings. The lowest BCUT2D eigenvalue weighted by atomic mass is 9.82. The van der Waals surface area contributed by atoms with E-state index in [2.05, 4.69) is 5.32 Å². The quantitative estimate of drug-likeness (QED) is 0.646. The number of aliphatic hydroxyl groups excluding tert-OH is 1. The third-order valence-corrected chi connectivity index (χ3v) is 3.89. The number of rotatable bonds is 2. The van der Waals surface area contributed by atoms with Gasteiger partial charge in [-0.15, -0.1) is 0 Å². The normalized spacial score (nSPS) is 34.4. The first-order valence-electron chi connectivity index (χ1n) is 6.70. The maximum atomic E-state index is 11.7. The predicted octanol–water partition coefficient (Wildman–Crippen LogP) is 0.760. The van der Waals surface area contributed by atoms with E-state index >= 15 is 0 Å². The number of carbonyl (C=O) groups excluding carboxylic acids is 1. The summed E-state index contributed by atoms with van der Waals surface area (Å²) in [7, 11) is 0. The number of ether oxygens (including phenoxy) is 2. The summed E-state index contributed by atoms with van der Waals surface area (Å²) in [5, 5.41) is 21.9. The number of amides is 1. The second-order valence-corrected chi connectivity index (χ2v) is 6.50. The van der Waals surface area contributed by atoms with E-state index in [1.54, 1.807) is 20.8 Å². The molecule has 1 heterocycles. The molecule has 0 aromatic carbocycles. The molecule has 19 heavy (non-hydrogen) atoms. The smallest absolute Gasteiger partial charge is 0.407 e. The highest BCUT2D eigenvalue weighted by Crippen LogP contribution is 2.49. The van der Waals surface area contributed by atoms with E-state index in [1.165, 1.54) is 0 Å². The summed E-state index contributed by atoms with van der Waals surface area (Å²) < 4.78 is 10.7. The first kappa shape index (κ1) is 14.6. The fourth-order valence-corrected chi connectivity index (χ4v) is 3.04. The molecule has 0 aromatic rings. The number of carbonyl (C=O) groups is 1. The summed E-state index contributed by atoms with van der Waals surface area (Å²) in [6.07, 6.45) is -0.370.